The number of amides is 2. The van der Waals surface area contributed by atoms with Gasteiger partial charge in [-0.2, -0.15) is 0 Å². The van der Waals surface area contributed by atoms with E-state index in [0.29, 0.717) is 24.6 Å². The van der Waals surface area contributed by atoms with Gasteiger partial charge in [0.25, 0.3) is 0 Å². The lowest BCUT2D eigenvalue weighted by molar-refractivity contribution is 0.221. The molecule has 2 amide bonds. The molecule has 1 N–H and O–H groups in total. The average molecular weight is 352 g/mol. The van der Waals surface area contributed by atoms with Gasteiger partial charge in [0.2, 0.25) is 0 Å². The van der Waals surface area contributed by atoms with Crippen LogP contribution < -0.4 is 11.0 Å². The van der Waals surface area contributed by atoms with Crippen molar-refractivity contribution >= 4 is 23.4 Å². The van der Waals surface area contributed by atoms with Crippen molar-refractivity contribution in [1.82, 2.24) is 19.4 Å². The van der Waals surface area contributed by atoms with Gasteiger partial charge in [-0.15, -0.1) is 0 Å². The zero-order chi connectivity index (χ0) is 17.9. The number of carbonyl (C=O) groups is 1. The van der Waals surface area contributed by atoms with Crippen molar-refractivity contribution in [3.8, 4) is 0 Å². The number of hydrogen-bond acceptors (Lipinski definition) is 3. The Hall–Kier alpha value is -2.19. The van der Waals surface area contributed by atoms with Gasteiger partial charge in [-0.05, 0) is 13.8 Å². The third-order valence-corrected chi connectivity index (χ3v) is 4.43. The second-order valence-electron chi connectivity index (χ2n) is 4.84. The van der Waals surface area contributed by atoms with Crippen LogP contribution in [0.25, 0.3) is 6.20 Å². The lowest BCUT2D eigenvalue weighted by atomic mass is 10.6. The number of carbonyl (C=O) groups excluding carboxylic acids is 1. The molecule has 0 saturated heterocycles. The molecule has 0 saturated carbocycles. The van der Waals surface area contributed by atoms with Crippen LogP contribution in [0.5, 0.6) is 0 Å². The summed E-state index contributed by atoms with van der Waals surface area (Å²) in [5, 5.41) is 2.57. The molecule has 0 aliphatic rings. The molecule has 8 heteroatoms. The molecule has 1 rings (SSSR count). The van der Waals surface area contributed by atoms with E-state index in [1.807, 2.05) is 6.92 Å². The topological polar surface area (TPSA) is 82.3 Å². The fraction of sp³-hybridized carbons (Fsp3) is 0.375. The van der Waals surface area contributed by atoms with Crippen LogP contribution in [0.1, 0.15) is 13.8 Å². The zero-order valence-corrected chi connectivity index (χ0v) is 14.9. The van der Waals surface area contributed by atoms with E-state index >= 15 is 0 Å². The fourth-order valence-electron chi connectivity index (χ4n) is 1.89. The number of nitrogens with zero attached hydrogens (tertiary/aromatic N) is 3. The first-order valence-electron chi connectivity index (χ1n) is 7.59. The highest BCUT2D eigenvalue weighted by Crippen LogP contribution is 1.98. The van der Waals surface area contributed by atoms with E-state index < -0.39 is 11.2 Å². The standard InChI is InChI=1S/C16H24N4O3S/c1-4-7-17-15(21)18(6-3)11-13-24(23)14-12-20-10-9-19(8-5-2)16(20)22/h4-10H,3,11-14H2,1-2H3,(H,17,21)/b7-4+,8-5+. The van der Waals surface area contributed by atoms with E-state index in [4.69, 9.17) is 0 Å². The molecule has 0 fully saturated rings. The van der Waals surface area contributed by atoms with Crippen molar-refractivity contribution in [2.75, 3.05) is 18.1 Å². The van der Waals surface area contributed by atoms with Gasteiger partial charge in [0.15, 0.2) is 0 Å². The van der Waals surface area contributed by atoms with Crippen LogP contribution in [-0.4, -0.2) is 42.7 Å². The number of rotatable bonds is 9. The summed E-state index contributed by atoms with van der Waals surface area (Å²) in [4.78, 5) is 25.1. The first-order chi connectivity index (χ1) is 11.5. The van der Waals surface area contributed by atoms with Gasteiger partial charge >= 0.3 is 11.7 Å². The van der Waals surface area contributed by atoms with Crippen LogP contribution >= 0.6 is 0 Å². The molecule has 0 radical (unpaired) electrons. The lowest BCUT2D eigenvalue weighted by Crippen LogP contribution is -2.37. The van der Waals surface area contributed by atoms with Gasteiger partial charge in [-0.3, -0.25) is 14.0 Å². The molecule has 0 aliphatic carbocycles. The van der Waals surface area contributed by atoms with Crippen molar-refractivity contribution in [2.24, 2.45) is 0 Å². The first kappa shape index (κ1) is 19.9. The predicted octanol–water partition coefficient (Wildman–Crippen LogP) is 1.58. The molecule has 0 aromatic carbocycles. The molecule has 1 heterocycles. The van der Waals surface area contributed by atoms with E-state index in [1.54, 1.807) is 37.7 Å². The maximum Gasteiger partial charge on any atom is 0.332 e. The smallest absolute Gasteiger partial charge is 0.332 e. The normalized spacial score (nSPS) is 12.6. The van der Waals surface area contributed by atoms with Gasteiger partial charge in [-0.1, -0.05) is 29.9 Å². The summed E-state index contributed by atoms with van der Waals surface area (Å²) in [6.07, 6.45) is 11.4. The number of hydrogen-bond donors (Lipinski definition) is 1. The zero-order valence-electron chi connectivity index (χ0n) is 14.1. The third-order valence-electron chi connectivity index (χ3n) is 3.16. The number of allylic oxidation sites excluding steroid dienone is 2. The summed E-state index contributed by atoms with van der Waals surface area (Å²) >= 11 is -1.14. The molecule has 0 bridgehead atoms. The summed E-state index contributed by atoms with van der Waals surface area (Å²) in [5.41, 5.74) is -0.163. The predicted molar refractivity (Wildman–Crippen MR) is 97.8 cm³/mol. The largest absolute Gasteiger partial charge is 0.616 e. The quantitative estimate of drug-likeness (QED) is 0.685. The fourth-order valence-corrected chi connectivity index (χ4v) is 2.89. The van der Waals surface area contributed by atoms with Crippen LogP contribution in [0.15, 0.2) is 48.3 Å². The number of imidazole rings is 1. The van der Waals surface area contributed by atoms with Crippen molar-refractivity contribution in [1.29, 1.82) is 0 Å². The average Bonchev–Trinajstić information content (AvgIpc) is 2.92. The second-order valence-corrected chi connectivity index (χ2v) is 6.53. The molecule has 1 aromatic heterocycles. The Morgan fingerprint density at radius 2 is 2.12 bits per heavy atom. The molecule has 24 heavy (non-hydrogen) atoms. The van der Waals surface area contributed by atoms with Crippen LogP contribution in [0.3, 0.4) is 0 Å². The lowest BCUT2D eigenvalue weighted by Gasteiger charge is -2.18. The molecular formula is C16H24N4O3S. The van der Waals surface area contributed by atoms with Crippen LogP contribution in [0.4, 0.5) is 4.79 Å². The van der Waals surface area contributed by atoms with Crippen LogP contribution in [-0.2, 0) is 17.7 Å². The minimum absolute atomic E-state index is 0.163. The highest BCUT2D eigenvalue weighted by molar-refractivity contribution is 7.91. The summed E-state index contributed by atoms with van der Waals surface area (Å²) in [6.45, 7) is 7.87. The molecule has 0 spiro atoms. The SMILES string of the molecule is C=CN(CC[S+]([O-])CCn1ccn(/C=C/C)c1=O)C(=O)N/C=C/C. The van der Waals surface area contributed by atoms with Gasteiger partial charge in [0, 0.05) is 31.0 Å². The number of aryl methyl sites for hydroxylation is 1. The Balaban J connectivity index is 2.46. The van der Waals surface area contributed by atoms with Crippen molar-refractivity contribution in [2.45, 2.75) is 20.4 Å². The molecule has 0 aliphatic heterocycles. The van der Waals surface area contributed by atoms with Gasteiger partial charge in [-0.25, -0.2) is 9.59 Å². The third kappa shape index (κ3) is 6.13. The highest BCUT2D eigenvalue weighted by atomic mass is 32.2. The van der Waals surface area contributed by atoms with Crippen molar-refractivity contribution in [3.63, 3.8) is 0 Å². The molecule has 1 aromatic rings. The molecule has 132 valence electrons. The Morgan fingerprint density at radius 3 is 2.75 bits per heavy atom. The minimum Gasteiger partial charge on any atom is -0.616 e. The molecule has 7 nitrogen and oxygen atoms in total. The maximum atomic E-state index is 12.1. The number of aromatic nitrogens is 2. The van der Waals surface area contributed by atoms with Gasteiger partial charge in [0.05, 0.1) is 13.1 Å². The van der Waals surface area contributed by atoms with E-state index in [-0.39, 0.29) is 11.7 Å². The molecular weight excluding hydrogens is 328 g/mol. The Bertz CT molecular complexity index is 648. The maximum absolute atomic E-state index is 12.1. The van der Waals surface area contributed by atoms with E-state index in [2.05, 4.69) is 11.9 Å². The first-order valence-corrected chi connectivity index (χ1v) is 9.08. The Morgan fingerprint density at radius 1 is 1.38 bits per heavy atom. The van der Waals surface area contributed by atoms with Gasteiger partial charge in [0.1, 0.15) is 11.5 Å². The van der Waals surface area contributed by atoms with E-state index in [0.717, 1.165) is 0 Å². The monoisotopic (exact) mass is 352 g/mol. The number of nitrogens with one attached hydrogen (secondary N) is 1. The van der Waals surface area contributed by atoms with Crippen LogP contribution in [0, 0.1) is 0 Å². The second kappa shape index (κ2) is 10.6. The van der Waals surface area contributed by atoms with Gasteiger partial charge < -0.3 is 9.87 Å². The van der Waals surface area contributed by atoms with E-state index in [9.17, 15) is 14.1 Å². The highest BCUT2D eigenvalue weighted by Gasteiger charge is 2.14. The summed E-state index contributed by atoms with van der Waals surface area (Å²) in [6, 6.07) is -0.320. The van der Waals surface area contributed by atoms with Crippen molar-refractivity contribution in [3.05, 3.63) is 54.0 Å². The summed E-state index contributed by atoms with van der Waals surface area (Å²) in [5.74, 6) is 0.667. The Labute approximate surface area is 145 Å². The molecule has 1 atom stereocenters. The number of urea groups is 1. The minimum atomic E-state index is -1.14. The van der Waals surface area contributed by atoms with Crippen molar-refractivity contribution < 1.29 is 9.35 Å². The van der Waals surface area contributed by atoms with Crippen LogP contribution in [0.2, 0.25) is 0 Å². The Kier molecular flexibility index (Phi) is 8.74. The summed E-state index contributed by atoms with van der Waals surface area (Å²) in [7, 11) is 0. The summed E-state index contributed by atoms with van der Waals surface area (Å²) < 4.78 is 15.1. The van der Waals surface area contributed by atoms with E-state index in [1.165, 1.54) is 26.4 Å². The molecule has 1 unspecified atom stereocenters.